The van der Waals surface area contributed by atoms with E-state index in [2.05, 4.69) is 6.92 Å². The van der Waals surface area contributed by atoms with Crippen molar-refractivity contribution in [2.45, 2.75) is 59.7 Å². The van der Waals surface area contributed by atoms with Crippen molar-refractivity contribution in [3.8, 4) is 0 Å². The number of hydrogen-bond acceptors (Lipinski definition) is 5. The monoisotopic (exact) mass is 348 g/mol. The molecular weight excluding hydrogens is 320 g/mol. The summed E-state index contributed by atoms with van der Waals surface area (Å²) in [4.78, 5) is 37.4. The molecule has 1 heterocycles. The van der Waals surface area contributed by atoms with Gasteiger partial charge in [0, 0.05) is 12.3 Å². The van der Waals surface area contributed by atoms with Crippen molar-refractivity contribution in [2.24, 2.45) is 35.0 Å². The van der Waals surface area contributed by atoms with E-state index < -0.39 is 11.5 Å². The summed E-state index contributed by atoms with van der Waals surface area (Å²) < 4.78 is 11.5. The van der Waals surface area contributed by atoms with Crippen molar-refractivity contribution in [2.75, 3.05) is 0 Å². The van der Waals surface area contributed by atoms with Gasteiger partial charge in [-0.2, -0.15) is 0 Å². The molecule has 3 rings (SSSR count). The summed E-state index contributed by atoms with van der Waals surface area (Å²) in [6, 6.07) is 0. The Morgan fingerprint density at radius 2 is 2.04 bits per heavy atom. The Bertz CT molecular complexity index is 622. The van der Waals surface area contributed by atoms with E-state index in [-0.39, 0.29) is 53.4 Å². The van der Waals surface area contributed by atoms with E-state index in [9.17, 15) is 14.4 Å². The number of rotatable bonds is 3. The summed E-state index contributed by atoms with van der Waals surface area (Å²) in [5, 5.41) is 0. The lowest BCUT2D eigenvalue weighted by atomic mass is 9.66. The quantitative estimate of drug-likeness (QED) is 0.734. The first kappa shape index (κ1) is 18.2. The van der Waals surface area contributed by atoms with Crippen molar-refractivity contribution in [3.63, 3.8) is 0 Å². The number of allylic oxidation sites excluding steroid dienone is 2. The number of ether oxygens (including phenoxy) is 2. The van der Waals surface area contributed by atoms with Crippen LogP contribution in [0.25, 0.3) is 0 Å². The number of hydrogen-bond donors (Lipinski definition) is 0. The fourth-order valence-electron chi connectivity index (χ4n) is 4.96. The molecule has 2 aliphatic carbocycles. The SMILES string of the molecule is CC(C)CC(=O)OC1C2C(CC(C)C3C=CC(=O)C31C)OC(=O)C2C. The Balaban J connectivity index is 2.01. The molecule has 0 amide bonds. The molecule has 0 N–H and O–H groups in total. The van der Waals surface area contributed by atoms with Crippen LogP contribution < -0.4 is 0 Å². The molecule has 7 atom stereocenters. The van der Waals surface area contributed by atoms with Gasteiger partial charge in [0.25, 0.3) is 0 Å². The second-order valence-electron chi connectivity index (χ2n) is 8.59. The molecule has 2 fully saturated rings. The van der Waals surface area contributed by atoms with Crippen LogP contribution in [0.3, 0.4) is 0 Å². The lowest BCUT2D eigenvalue weighted by Gasteiger charge is -2.40. The van der Waals surface area contributed by atoms with Gasteiger partial charge < -0.3 is 9.47 Å². The van der Waals surface area contributed by atoms with E-state index in [0.717, 1.165) is 0 Å². The zero-order chi connectivity index (χ0) is 18.5. The Hall–Kier alpha value is -1.65. The molecule has 0 bridgehead atoms. The lowest BCUT2D eigenvalue weighted by Crippen LogP contribution is -2.50. The zero-order valence-corrected chi connectivity index (χ0v) is 15.7. The van der Waals surface area contributed by atoms with Gasteiger partial charge in [-0.1, -0.05) is 33.8 Å². The van der Waals surface area contributed by atoms with Crippen LogP contribution in [-0.4, -0.2) is 29.9 Å². The van der Waals surface area contributed by atoms with Gasteiger partial charge in [-0.25, -0.2) is 0 Å². The molecule has 1 saturated heterocycles. The van der Waals surface area contributed by atoms with Crippen molar-refractivity contribution in [1.82, 2.24) is 0 Å². The lowest BCUT2D eigenvalue weighted by molar-refractivity contribution is -0.168. The summed E-state index contributed by atoms with van der Waals surface area (Å²) >= 11 is 0. The number of ketones is 1. The topological polar surface area (TPSA) is 69.7 Å². The average molecular weight is 348 g/mol. The van der Waals surface area contributed by atoms with Gasteiger partial charge in [0.2, 0.25) is 0 Å². The molecule has 0 aromatic rings. The Labute approximate surface area is 149 Å². The van der Waals surface area contributed by atoms with Gasteiger partial charge in [0.15, 0.2) is 5.78 Å². The van der Waals surface area contributed by atoms with Gasteiger partial charge in [0.05, 0.1) is 11.3 Å². The smallest absolute Gasteiger partial charge is 0.309 e. The molecule has 5 heteroatoms. The Morgan fingerprint density at radius 1 is 1.36 bits per heavy atom. The molecule has 0 spiro atoms. The molecule has 0 aromatic heterocycles. The van der Waals surface area contributed by atoms with E-state index in [1.54, 1.807) is 6.08 Å². The third-order valence-corrected chi connectivity index (χ3v) is 6.32. The van der Waals surface area contributed by atoms with Gasteiger partial charge in [-0.15, -0.1) is 0 Å². The Morgan fingerprint density at radius 3 is 2.68 bits per heavy atom. The number of esters is 2. The van der Waals surface area contributed by atoms with Gasteiger partial charge in [-0.3, -0.25) is 14.4 Å². The number of fused-ring (bicyclic) bond motifs is 2. The second kappa shape index (κ2) is 6.26. The fraction of sp³-hybridized carbons (Fsp3) is 0.750. The van der Waals surface area contributed by atoms with Gasteiger partial charge in [0.1, 0.15) is 12.2 Å². The van der Waals surface area contributed by atoms with E-state index in [1.807, 2.05) is 33.8 Å². The van der Waals surface area contributed by atoms with E-state index in [4.69, 9.17) is 9.47 Å². The van der Waals surface area contributed by atoms with E-state index in [0.29, 0.717) is 12.8 Å². The zero-order valence-electron chi connectivity index (χ0n) is 15.7. The first-order valence-corrected chi connectivity index (χ1v) is 9.28. The van der Waals surface area contributed by atoms with Gasteiger partial charge in [-0.05, 0) is 37.2 Å². The first-order valence-electron chi connectivity index (χ1n) is 9.28. The third kappa shape index (κ3) is 2.81. The molecule has 0 radical (unpaired) electrons. The predicted octanol–water partition coefficient (Wildman–Crippen LogP) is 2.92. The van der Waals surface area contributed by atoms with Crippen molar-refractivity contribution >= 4 is 17.7 Å². The minimum absolute atomic E-state index is 0.00616. The molecular formula is C20H28O5. The van der Waals surface area contributed by atoms with Crippen LogP contribution >= 0.6 is 0 Å². The highest BCUT2D eigenvalue weighted by molar-refractivity contribution is 5.98. The number of carbonyl (C=O) groups is 3. The minimum atomic E-state index is -0.826. The van der Waals surface area contributed by atoms with Gasteiger partial charge >= 0.3 is 11.9 Å². The Kier molecular flexibility index (Phi) is 4.54. The highest BCUT2D eigenvalue weighted by Crippen LogP contribution is 2.54. The van der Waals surface area contributed by atoms with E-state index in [1.165, 1.54) is 0 Å². The maximum absolute atomic E-state index is 12.8. The summed E-state index contributed by atoms with van der Waals surface area (Å²) in [6.07, 6.45) is 3.63. The molecule has 5 nitrogen and oxygen atoms in total. The first-order chi connectivity index (χ1) is 11.7. The minimum Gasteiger partial charge on any atom is -0.462 e. The maximum atomic E-state index is 12.8. The van der Waals surface area contributed by atoms with Crippen LogP contribution in [0.5, 0.6) is 0 Å². The maximum Gasteiger partial charge on any atom is 0.309 e. The van der Waals surface area contributed by atoms with Crippen LogP contribution in [0, 0.1) is 35.0 Å². The molecule has 0 aromatic carbocycles. The second-order valence-corrected chi connectivity index (χ2v) is 8.59. The molecule has 1 saturated carbocycles. The molecule has 1 aliphatic heterocycles. The molecule has 3 aliphatic rings. The third-order valence-electron chi connectivity index (χ3n) is 6.32. The van der Waals surface area contributed by atoms with Crippen LogP contribution in [0.15, 0.2) is 12.2 Å². The molecule has 7 unspecified atom stereocenters. The standard InChI is InChI=1S/C20H28O5/c1-10(2)8-16(22)25-18-17-12(4)19(23)24-14(17)9-11(3)13-6-7-15(21)20(13,18)5/h6-7,10-14,17-18H,8-9H2,1-5H3. The summed E-state index contributed by atoms with van der Waals surface area (Å²) in [7, 11) is 0. The van der Waals surface area contributed by atoms with Crippen molar-refractivity contribution in [1.29, 1.82) is 0 Å². The highest BCUT2D eigenvalue weighted by atomic mass is 16.6. The molecule has 25 heavy (non-hydrogen) atoms. The number of carbonyl (C=O) groups excluding carboxylic acids is 3. The van der Waals surface area contributed by atoms with Crippen molar-refractivity contribution in [3.05, 3.63) is 12.2 Å². The fourth-order valence-corrected chi connectivity index (χ4v) is 4.96. The molecule has 138 valence electrons. The predicted molar refractivity (Wildman–Crippen MR) is 91.4 cm³/mol. The largest absolute Gasteiger partial charge is 0.462 e. The van der Waals surface area contributed by atoms with Crippen LogP contribution in [0.1, 0.15) is 47.5 Å². The van der Waals surface area contributed by atoms with Crippen LogP contribution in [0.4, 0.5) is 0 Å². The summed E-state index contributed by atoms with van der Waals surface area (Å²) in [6.45, 7) is 9.70. The summed E-state index contributed by atoms with van der Waals surface area (Å²) in [5.74, 6) is -0.887. The summed E-state index contributed by atoms with van der Waals surface area (Å²) in [5.41, 5.74) is -0.826. The van der Waals surface area contributed by atoms with Crippen LogP contribution in [0.2, 0.25) is 0 Å². The van der Waals surface area contributed by atoms with Crippen LogP contribution in [-0.2, 0) is 23.9 Å². The highest BCUT2D eigenvalue weighted by Gasteiger charge is 2.62. The van der Waals surface area contributed by atoms with Crippen molar-refractivity contribution < 1.29 is 23.9 Å². The normalized spacial score (nSPS) is 42.8. The van der Waals surface area contributed by atoms with E-state index >= 15 is 0 Å². The average Bonchev–Trinajstić information content (AvgIpc) is 2.92.